The fraction of sp³-hybridized carbons (Fsp3) is 0.182. The molecule has 3 rings (SSSR count). The molecule has 0 aliphatic carbocycles. The van der Waals surface area contributed by atoms with Gasteiger partial charge in [-0.1, -0.05) is 5.16 Å². The first-order valence-corrected chi connectivity index (χ1v) is 5.85. The van der Waals surface area contributed by atoms with Crippen LogP contribution in [0.4, 0.5) is 5.88 Å². The van der Waals surface area contributed by atoms with E-state index in [0.717, 1.165) is 10.0 Å². The Hall–Kier alpha value is -1.69. The first-order valence-electron chi connectivity index (χ1n) is 5.06. The quantitative estimate of drug-likeness (QED) is 0.875. The lowest BCUT2D eigenvalue weighted by Crippen LogP contribution is -2.16. The third-order valence-electron chi connectivity index (χ3n) is 2.53. The fourth-order valence-corrected chi connectivity index (χ4v) is 2.19. The van der Waals surface area contributed by atoms with Crippen molar-refractivity contribution in [1.82, 2.24) is 5.16 Å². The summed E-state index contributed by atoms with van der Waals surface area (Å²) in [6, 6.07) is 3.77. The third kappa shape index (κ3) is 1.64. The summed E-state index contributed by atoms with van der Waals surface area (Å²) in [5.41, 5.74) is 7.24. The molecule has 0 unspecified atom stereocenters. The van der Waals surface area contributed by atoms with Crippen molar-refractivity contribution in [3.8, 4) is 22.6 Å². The van der Waals surface area contributed by atoms with Crippen LogP contribution >= 0.6 is 15.9 Å². The molecular formula is C11H9BrN2O3. The van der Waals surface area contributed by atoms with Gasteiger partial charge in [0.05, 0.1) is 16.2 Å². The van der Waals surface area contributed by atoms with Crippen molar-refractivity contribution in [3.63, 3.8) is 0 Å². The highest BCUT2D eigenvalue weighted by Gasteiger charge is 2.22. The zero-order chi connectivity index (χ0) is 11.8. The summed E-state index contributed by atoms with van der Waals surface area (Å²) in [7, 11) is 0. The first-order chi connectivity index (χ1) is 8.27. The molecule has 5 nitrogen and oxygen atoms in total. The molecule has 0 bridgehead atoms. The molecular weight excluding hydrogens is 288 g/mol. The maximum absolute atomic E-state index is 5.71. The number of fused-ring (bicyclic) bond motifs is 1. The van der Waals surface area contributed by atoms with Gasteiger partial charge >= 0.3 is 0 Å². The number of aromatic nitrogens is 1. The number of nitrogens with zero attached hydrogens (tertiary/aromatic N) is 1. The summed E-state index contributed by atoms with van der Waals surface area (Å²) in [6.45, 7) is 1.05. The highest BCUT2D eigenvalue weighted by molar-refractivity contribution is 9.10. The van der Waals surface area contributed by atoms with Gasteiger partial charge in [-0.15, -0.1) is 0 Å². The van der Waals surface area contributed by atoms with Crippen LogP contribution < -0.4 is 15.2 Å². The molecule has 0 radical (unpaired) electrons. The van der Waals surface area contributed by atoms with Gasteiger partial charge in [-0.2, -0.15) is 0 Å². The topological polar surface area (TPSA) is 70.5 Å². The number of halogens is 1. The van der Waals surface area contributed by atoms with Crippen LogP contribution in [0.15, 0.2) is 27.3 Å². The van der Waals surface area contributed by atoms with Crippen LogP contribution in [0.3, 0.4) is 0 Å². The molecule has 0 saturated heterocycles. The van der Waals surface area contributed by atoms with Gasteiger partial charge in [0.2, 0.25) is 5.88 Å². The zero-order valence-electron chi connectivity index (χ0n) is 8.77. The van der Waals surface area contributed by atoms with Crippen molar-refractivity contribution in [1.29, 1.82) is 0 Å². The predicted octanol–water partition coefficient (Wildman–Crippen LogP) is 2.46. The molecule has 6 heteroatoms. The zero-order valence-corrected chi connectivity index (χ0v) is 10.4. The van der Waals surface area contributed by atoms with Crippen molar-refractivity contribution in [3.05, 3.63) is 22.8 Å². The number of hydrogen-bond acceptors (Lipinski definition) is 5. The standard InChI is InChI=1S/C11H9BrN2O3/c12-8-2-1-6(7-5-14-17-11(7)13)9-10(8)16-4-3-15-9/h1-2,5H,3-4,13H2. The Morgan fingerprint density at radius 3 is 2.59 bits per heavy atom. The highest BCUT2D eigenvalue weighted by atomic mass is 79.9. The second kappa shape index (κ2) is 3.96. The van der Waals surface area contributed by atoms with Crippen molar-refractivity contribution in [2.24, 2.45) is 0 Å². The summed E-state index contributed by atoms with van der Waals surface area (Å²) in [5, 5.41) is 3.66. The number of ether oxygens (including phenoxy) is 2. The van der Waals surface area contributed by atoms with Gasteiger partial charge < -0.3 is 19.7 Å². The van der Waals surface area contributed by atoms with Crippen LogP contribution in [0.25, 0.3) is 11.1 Å². The molecule has 0 amide bonds. The van der Waals surface area contributed by atoms with Crippen molar-refractivity contribution >= 4 is 21.8 Å². The van der Waals surface area contributed by atoms with E-state index in [9.17, 15) is 0 Å². The number of rotatable bonds is 1. The second-order valence-electron chi connectivity index (χ2n) is 3.55. The number of nitrogen functional groups attached to an aromatic ring is 1. The smallest absolute Gasteiger partial charge is 0.230 e. The molecule has 2 aromatic rings. The van der Waals surface area contributed by atoms with E-state index in [1.54, 1.807) is 6.20 Å². The molecule has 0 saturated carbocycles. The van der Waals surface area contributed by atoms with Gasteiger partial charge in [-0.3, -0.25) is 0 Å². The van der Waals surface area contributed by atoms with E-state index in [1.807, 2.05) is 12.1 Å². The highest BCUT2D eigenvalue weighted by Crippen LogP contribution is 2.45. The second-order valence-corrected chi connectivity index (χ2v) is 4.41. The Morgan fingerprint density at radius 1 is 1.12 bits per heavy atom. The molecule has 2 heterocycles. The van der Waals surface area contributed by atoms with E-state index in [2.05, 4.69) is 21.1 Å². The number of hydrogen-bond donors (Lipinski definition) is 1. The normalized spacial score (nSPS) is 13.7. The van der Waals surface area contributed by atoms with E-state index >= 15 is 0 Å². The Morgan fingerprint density at radius 2 is 1.88 bits per heavy atom. The molecule has 2 N–H and O–H groups in total. The fourth-order valence-electron chi connectivity index (χ4n) is 1.77. The summed E-state index contributed by atoms with van der Waals surface area (Å²) >= 11 is 3.42. The average Bonchev–Trinajstić information content (AvgIpc) is 2.77. The van der Waals surface area contributed by atoms with Gasteiger partial charge in [-0.25, -0.2) is 0 Å². The van der Waals surface area contributed by atoms with Crippen molar-refractivity contribution in [2.75, 3.05) is 18.9 Å². The number of anilines is 1. The van der Waals surface area contributed by atoms with Gasteiger partial charge in [-0.05, 0) is 28.1 Å². The molecule has 0 fully saturated rings. The van der Waals surface area contributed by atoms with Crippen LogP contribution in [-0.4, -0.2) is 18.4 Å². The van der Waals surface area contributed by atoms with Crippen LogP contribution in [0.2, 0.25) is 0 Å². The molecule has 1 aliphatic rings. The van der Waals surface area contributed by atoms with Crippen LogP contribution in [0.1, 0.15) is 0 Å². The monoisotopic (exact) mass is 296 g/mol. The third-order valence-corrected chi connectivity index (χ3v) is 3.15. The lowest BCUT2D eigenvalue weighted by Gasteiger charge is -2.21. The first kappa shape index (κ1) is 10.5. The van der Waals surface area contributed by atoms with Gasteiger partial charge in [0, 0.05) is 5.56 Å². The lowest BCUT2D eigenvalue weighted by molar-refractivity contribution is 0.171. The summed E-state index contributed by atoms with van der Waals surface area (Å²) < 4.78 is 16.9. The van der Waals surface area contributed by atoms with E-state index in [-0.39, 0.29) is 5.88 Å². The van der Waals surface area contributed by atoms with Gasteiger partial charge in [0.1, 0.15) is 13.2 Å². The Balaban J connectivity index is 2.21. The van der Waals surface area contributed by atoms with Gasteiger partial charge in [0.25, 0.3) is 0 Å². The summed E-state index contributed by atoms with van der Waals surface area (Å²) in [5.74, 6) is 1.62. The van der Waals surface area contributed by atoms with Crippen molar-refractivity contribution in [2.45, 2.75) is 0 Å². The molecule has 17 heavy (non-hydrogen) atoms. The largest absolute Gasteiger partial charge is 0.485 e. The SMILES string of the molecule is Nc1oncc1-c1ccc(Br)c2c1OCCO2. The van der Waals surface area contributed by atoms with Crippen LogP contribution in [0, 0.1) is 0 Å². The minimum Gasteiger partial charge on any atom is -0.485 e. The molecule has 1 aromatic heterocycles. The number of nitrogens with two attached hydrogens (primary N) is 1. The summed E-state index contributed by atoms with van der Waals surface area (Å²) in [6.07, 6.45) is 1.57. The maximum atomic E-state index is 5.71. The van der Waals surface area contributed by atoms with Crippen LogP contribution in [-0.2, 0) is 0 Å². The predicted molar refractivity (Wildman–Crippen MR) is 65.0 cm³/mol. The molecule has 0 atom stereocenters. The van der Waals surface area contributed by atoms with Crippen LogP contribution in [0.5, 0.6) is 11.5 Å². The Bertz CT molecular complexity index is 568. The average molecular weight is 297 g/mol. The minimum absolute atomic E-state index is 0.267. The Kier molecular flexibility index (Phi) is 2.44. The lowest BCUT2D eigenvalue weighted by atomic mass is 10.1. The molecule has 0 spiro atoms. The van der Waals surface area contributed by atoms with E-state index in [1.165, 1.54) is 0 Å². The van der Waals surface area contributed by atoms with E-state index < -0.39 is 0 Å². The van der Waals surface area contributed by atoms with E-state index in [0.29, 0.717) is 30.3 Å². The van der Waals surface area contributed by atoms with Gasteiger partial charge in [0.15, 0.2) is 11.5 Å². The maximum Gasteiger partial charge on any atom is 0.230 e. The minimum atomic E-state index is 0.267. The van der Waals surface area contributed by atoms with E-state index in [4.69, 9.17) is 19.7 Å². The molecule has 88 valence electrons. The molecule has 1 aromatic carbocycles. The molecule has 1 aliphatic heterocycles. The van der Waals surface area contributed by atoms with Crippen molar-refractivity contribution < 1.29 is 14.0 Å². The Labute approximate surface area is 106 Å². The summed E-state index contributed by atoms with van der Waals surface area (Å²) in [4.78, 5) is 0. The number of benzene rings is 1.